The first-order valence-corrected chi connectivity index (χ1v) is 14.0. The molecule has 0 aliphatic carbocycles. The fourth-order valence-corrected chi connectivity index (χ4v) is 5.10. The first kappa shape index (κ1) is 27.8. The molecule has 41 heavy (non-hydrogen) atoms. The lowest BCUT2D eigenvalue weighted by Crippen LogP contribution is -2.49. The van der Waals surface area contributed by atoms with Gasteiger partial charge in [-0.25, -0.2) is 0 Å². The van der Waals surface area contributed by atoms with Gasteiger partial charge < -0.3 is 21.3 Å². The van der Waals surface area contributed by atoms with Crippen LogP contribution in [-0.2, 0) is 16.0 Å². The first-order chi connectivity index (χ1) is 20.0. The largest absolute Gasteiger partial charge is 0.354 e. The van der Waals surface area contributed by atoms with E-state index in [4.69, 9.17) is 5.73 Å². The molecule has 0 spiro atoms. The second-order valence-electron chi connectivity index (χ2n) is 10.1. The van der Waals surface area contributed by atoms with Crippen LogP contribution in [0.4, 0.5) is 5.69 Å². The Bertz CT molecular complexity index is 1600. The van der Waals surface area contributed by atoms with E-state index in [0.29, 0.717) is 31.5 Å². The van der Waals surface area contributed by atoms with Gasteiger partial charge in [0, 0.05) is 31.5 Å². The van der Waals surface area contributed by atoms with Crippen molar-refractivity contribution in [3.05, 3.63) is 113 Å². The summed E-state index contributed by atoms with van der Waals surface area (Å²) in [6.45, 7) is 1.07. The number of hydrogen-bond donors (Lipinski definition) is 3. The van der Waals surface area contributed by atoms with Crippen LogP contribution in [-0.4, -0.2) is 43.4 Å². The summed E-state index contributed by atoms with van der Waals surface area (Å²) in [6, 6.07) is 28.4. The van der Waals surface area contributed by atoms with Gasteiger partial charge in [-0.1, -0.05) is 91.0 Å². The average molecular weight is 547 g/mol. The van der Waals surface area contributed by atoms with E-state index < -0.39 is 6.04 Å². The third-order valence-electron chi connectivity index (χ3n) is 7.25. The van der Waals surface area contributed by atoms with Crippen LogP contribution in [0.25, 0.3) is 22.9 Å². The second kappa shape index (κ2) is 13.1. The Hall–Kier alpha value is -4.75. The Balaban J connectivity index is 1.33. The lowest BCUT2D eigenvalue weighted by molar-refractivity contribution is -0.128. The van der Waals surface area contributed by atoms with Crippen molar-refractivity contribution >= 4 is 46.3 Å². The highest BCUT2D eigenvalue weighted by molar-refractivity contribution is 6.11. The van der Waals surface area contributed by atoms with E-state index in [9.17, 15) is 14.4 Å². The number of benzene rings is 4. The highest BCUT2D eigenvalue weighted by Crippen LogP contribution is 2.28. The number of fused-ring (bicyclic) bond motifs is 3. The number of para-hydroxylation sites is 1. The summed E-state index contributed by atoms with van der Waals surface area (Å²) >= 11 is 0. The maximum atomic E-state index is 13.7. The van der Waals surface area contributed by atoms with Crippen LogP contribution in [0, 0.1) is 0 Å². The van der Waals surface area contributed by atoms with Crippen molar-refractivity contribution in [2.24, 2.45) is 5.73 Å². The van der Waals surface area contributed by atoms with E-state index in [1.165, 1.54) is 0 Å². The van der Waals surface area contributed by atoms with Crippen molar-refractivity contribution in [1.29, 1.82) is 0 Å². The number of amides is 3. The molecule has 1 heterocycles. The van der Waals surface area contributed by atoms with Crippen molar-refractivity contribution in [2.75, 3.05) is 24.5 Å². The van der Waals surface area contributed by atoms with Gasteiger partial charge in [0.05, 0.1) is 5.69 Å². The summed E-state index contributed by atoms with van der Waals surface area (Å²) in [5.41, 5.74) is 9.57. The molecule has 5 rings (SSSR count). The quantitative estimate of drug-likeness (QED) is 0.254. The normalized spacial score (nSPS) is 13.1. The van der Waals surface area contributed by atoms with Gasteiger partial charge in [-0.2, -0.15) is 0 Å². The van der Waals surface area contributed by atoms with Crippen molar-refractivity contribution in [1.82, 2.24) is 10.6 Å². The van der Waals surface area contributed by atoms with Gasteiger partial charge in [0.25, 0.3) is 5.91 Å². The number of nitrogens with zero attached hydrogens (tertiary/aromatic N) is 1. The Morgan fingerprint density at radius 3 is 2.37 bits per heavy atom. The maximum absolute atomic E-state index is 13.7. The lowest BCUT2D eigenvalue weighted by atomic mass is 10.00. The minimum Gasteiger partial charge on any atom is -0.354 e. The molecular formula is C34H34N4O3. The smallest absolute Gasteiger partial charge is 0.258 e. The summed E-state index contributed by atoms with van der Waals surface area (Å²) in [4.78, 5) is 41.7. The summed E-state index contributed by atoms with van der Waals surface area (Å²) in [6.07, 6.45) is 4.95. The molecule has 0 bridgehead atoms. The summed E-state index contributed by atoms with van der Waals surface area (Å²) in [5, 5.41) is 8.01. The average Bonchev–Trinajstić information content (AvgIpc) is 2.99. The van der Waals surface area contributed by atoms with Crippen LogP contribution in [0.5, 0.6) is 0 Å². The van der Waals surface area contributed by atoms with Crippen LogP contribution >= 0.6 is 0 Å². The van der Waals surface area contributed by atoms with Crippen LogP contribution < -0.4 is 21.3 Å². The Morgan fingerprint density at radius 1 is 0.829 bits per heavy atom. The zero-order valence-electron chi connectivity index (χ0n) is 22.9. The molecular weight excluding hydrogens is 512 g/mol. The minimum absolute atomic E-state index is 0.0380. The zero-order valence-corrected chi connectivity index (χ0v) is 22.9. The number of hydrogen-bond acceptors (Lipinski definition) is 4. The Labute approximate surface area is 240 Å². The topological polar surface area (TPSA) is 105 Å². The SMILES string of the molecule is NCCCNC(=O)[C@@H](Cc1ccc2ccccc2c1)NC(=O)CCN1C(=O)c2ccccc2C=Cc2ccccc21. The Kier molecular flexibility index (Phi) is 8.86. The predicted molar refractivity (Wildman–Crippen MR) is 164 cm³/mol. The van der Waals surface area contributed by atoms with E-state index >= 15 is 0 Å². The molecule has 0 saturated heterocycles. The second-order valence-corrected chi connectivity index (χ2v) is 10.1. The van der Waals surface area contributed by atoms with Gasteiger partial charge in [-0.05, 0) is 52.6 Å². The summed E-state index contributed by atoms with van der Waals surface area (Å²) in [5.74, 6) is -0.731. The number of nitrogens with one attached hydrogen (secondary N) is 2. The minimum atomic E-state index is -0.764. The molecule has 1 atom stereocenters. The molecule has 0 fully saturated rings. The molecule has 0 saturated carbocycles. The molecule has 208 valence electrons. The van der Waals surface area contributed by atoms with Gasteiger partial charge in [0.2, 0.25) is 11.8 Å². The molecule has 4 aromatic carbocycles. The van der Waals surface area contributed by atoms with Crippen LogP contribution in [0.3, 0.4) is 0 Å². The first-order valence-electron chi connectivity index (χ1n) is 14.0. The van der Waals surface area contributed by atoms with Crippen molar-refractivity contribution in [3.63, 3.8) is 0 Å². The van der Waals surface area contributed by atoms with E-state index in [1.807, 2.05) is 97.1 Å². The molecule has 0 aromatic heterocycles. The van der Waals surface area contributed by atoms with Gasteiger partial charge in [0.1, 0.15) is 6.04 Å². The van der Waals surface area contributed by atoms with E-state index in [1.54, 1.807) is 11.0 Å². The van der Waals surface area contributed by atoms with Gasteiger partial charge >= 0.3 is 0 Å². The van der Waals surface area contributed by atoms with Gasteiger partial charge in [-0.15, -0.1) is 0 Å². The number of nitrogens with two attached hydrogens (primary N) is 1. The zero-order chi connectivity index (χ0) is 28.6. The third kappa shape index (κ3) is 6.70. The monoisotopic (exact) mass is 546 g/mol. The van der Waals surface area contributed by atoms with Gasteiger partial charge in [-0.3, -0.25) is 14.4 Å². The van der Waals surface area contributed by atoms with Crippen molar-refractivity contribution in [3.8, 4) is 0 Å². The molecule has 4 N–H and O–H groups in total. The highest BCUT2D eigenvalue weighted by atomic mass is 16.2. The number of anilines is 1. The molecule has 7 heteroatoms. The number of carbonyl (C=O) groups excluding carboxylic acids is 3. The van der Waals surface area contributed by atoms with E-state index in [2.05, 4.69) is 10.6 Å². The van der Waals surface area contributed by atoms with Crippen LogP contribution in [0.2, 0.25) is 0 Å². The van der Waals surface area contributed by atoms with Crippen LogP contribution in [0.1, 0.15) is 39.9 Å². The maximum Gasteiger partial charge on any atom is 0.258 e. The molecule has 3 amide bonds. The highest BCUT2D eigenvalue weighted by Gasteiger charge is 2.25. The lowest BCUT2D eigenvalue weighted by Gasteiger charge is -2.27. The number of carbonyl (C=O) groups is 3. The molecule has 7 nitrogen and oxygen atoms in total. The van der Waals surface area contributed by atoms with Crippen molar-refractivity contribution in [2.45, 2.75) is 25.3 Å². The predicted octanol–water partition coefficient (Wildman–Crippen LogP) is 4.55. The molecule has 0 unspecified atom stereocenters. The number of rotatable bonds is 10. The van der Waals surface area contributed by atoms with E-state index in [0.717, 1.165) is 33.2 Å². The Morgan fingerprint density at radius 2 is 1.54 bits per heavy atom. The fraction of sp³-hybridized carbons (Fsp3) is 0.206. The summed E-state index contributed by atoms with van der Waals surface area (Å²) in [7, 11) is 0. The van der Waals surface area contributed by atoms with Crippen LogP contribution in [0.15, 0.2) is 91.0 Å². The molecule has 1 aliphatic rings. The fourth-order valence-electron chi connectivity index (χ4n) is 5.10. The van der Waals surface area contributed by atoms with Gasteiger partial charge in [0.15, 0.2) is 0 Å². The third-order valence-corrected chi connectivity index (χ3v) is 7.25. The molecule has 1 aliphatic heterocycles. The summed E-state index contributed by atoms with van der Waals surface area (Å²) < 4.78 is 0. The van der Waals surface area contributed by atoms with E-state index in [-0.39, 0.29) is 30.7 Å². The molecule has 0 radical (unpaired) electrons. The molecule has 4 aromatic rings. The van der Waals surface area contributed by atoms with Crippen molar-refractivity contribution < 1.29 is 14.4 Å². The standard InChI is InChI=1S/C34H34N4O3/c35-19-7-20-36-33(40)30(23-24-14-15-25-8-1-2-11-28(25)22-24)37-32(39)18-21-38-31-13-6-4-10-27(31)17-16-26-9-3-5-12-29(26)34(38)41/h1-6,8-17,22,30H,7,18-21,23,35H2,(H,36,40)(H,37,39)/t30-/m1/s1.